The molecule has 0 N–H and O–H groups in total. The van der Waals surface area contributed by atoms with E-state index >= 15 is 0 Å². The van der Waals surface area contributed by atoms with Crippen LogP contribution in [0, 0.1) is 11.8 Å². The highest BCUT2D eigenvalue weighted by Crippen LogP contribution is 2.27. The van der Waals surface area contributed by atoms with Gasteiger partial charge in [-0.3, -0.25) is 24.1 Å². The van der Waals surface area contributed by atoms with Gasteiger partial charge in [-0.2, -0.15) is 0 Å². The maximum Gasteiger partial charge on any atom is 0.329 e. The number of piperidine rings is 1. The van der Waals surface area contributed by atoms with Crippen molar-refractivity contribution in [3.63, 3.8) is 0 Å². The predicted molar refractivity (Wildman–Crippen MR) is 117 cm³/mol. The zero-order chi connectivity index (χ0) is 24.1. The monoisotopic (exact) mass is 458 g/mol. The van der Waals surface area contributed by atoms with E-state index in [0.717, 1.165) is 4.90 Å². The van der Waals surface area contributed by atoms with Crippen LogP contribution in [0.2, 0.25) is 0 Å². The molecule has 9 heteroatoms. The summed E-state index contributed by atoms with van der Waals surface area (Å²) in [7, 11) is 0. The van der Waals surface area contributed by atoms with Gasteiger partial charge in [0.25, 0.3) is 17.7 Å². The first-order valence-corrected chi connectivity index (χ1v) is 11.3. The number of rotatable bonds is 8. The Morgan fingerprint density at radius 3 is 2.09 bits per heavy atom. The quantitative estimate of drug-likeness (QED) is 0.433. The summed E-state index contributed by atoms with van der Waals surface area (Å²) in [6.45, 7) is 6.06. The summed E-state index contributed by atoms with van der Waals surface area (Å²) in [5, 5.41) is 0. The number of hydrogen-bond donors (Lipinski definition) is 0. The molecule has 2 aliphatic rings. The minimum Gasteiger partial charge on any atom is -0.466 e. The number of amides is 3. The van der Waals surface area contributed by atoms with Crippen molar-refractivity contribution in [2.24, 2.45) is 11.8 Å². The van der Waals surface area contributed by atoms with Crippen LogP contribution in [-0.2, 0) is 23.9 Å². The van der Waals surface area contributed by atoms with Crippen molar-refractivity contribution in [3.05, 3.63) is 35.4 Å². The Morgan fingerprint density at radius 2 is 1.58 bits per heavy atom. The van der Waals surface area contributed by atoms with Crippen LogP contribution in [0.4, 0.5) is 0 Å². The lowest BCUT2D eigenvalue weighted by atomic mass is 9.97. The van der Waals surface area contributed by atoms with E-state index < -0.39 is 30.4 Å². The number of imide groups is 1. The van der Waals surface area contributed by atoms with Gasteiger partial charge in [0.15, 0.2) is 6.61 Å². The first-order chi connectivity index (χ1) is 15.7. The van der Waals surface area contributed by atoms with E-state index in [1.807, 2.05) is 13.8 Å². The van der Waals surface area contributed by atoms with Crippen LogP contribution >= 0.6 is 0 Å². The van der Waals surface area contributed by atoms with Crippen molar-refractivity contribution >= 4 is 29.7 Å². The van der Waals surface area contributed by atoms with Gasteiger partial charge < -0.3 is 14.4 Å². The van der Waals surface area contributed by atoms with Gasteiger partial charge in [0, 0.05) is 13.1 Å². The number of benzene rings is 1. The molecule has 33 heavy (non-hydrogen) atoms. The molecule has 1 fully saturated rings. The van der Waals surface area contributed by atoms with E-state index in [2.05, 4.69) is 0 Å². The van der Waals surface area contributed by atoms with Crippen LogP contribution in [0.15, 0.2) is 24.3 Å². The SMILES string of the molecule is CCOC(=O)C1CCN(C(=O)COC(=O)C(CC(C)C)N2C(=O)c3ccccc3C2=O)CC1. The predicted octanol–water partition coefficient (Wildman–Crippen LogP) is 2.04. The molecule has 1 aromatic rings. The third-order valence-electron chi connectivity index (χ3n) is 5.91. The van der Waals surface area contributed by atoms with Crippen molar-refractivity contribution in [2.75, 3.05) is 26.3 Å². The second-order valence-corrected chi connectivity index (χ2v) is 8.69. The Bertz CT molecular complexity index is 899. The topological polar surface area (TPSA) is 110 Å². The van der Waals surface area contributed by atoms with E-state index in [1.54, 1.807) is 36.1 Å². The van der Waals surface area contributed by atoms with Crippen molar-refractivity contribution in [1.29, 1.82) is 0 Å². The highest BCUT2D eigenvalue weighted by atomic mass is 16.5. The first kappa shape index (κ1) is 24.4. The Hall–Kier alpha value is -3.23. The number of esters is 2. The summed E-state index contributed by atoms with van der Waals surface area (Å²) >= 11 is 0. The number of fused-ring (bicyclic) bond motifs is 1. The van der Waals surface area contributed by atoms with E-state index in [1.165, 1.54) is 0 Å². The zero-order valence-electron chi connectivity index (χ0n) is 19.2. The number of nitrogens with zero attached hydrogens (tertiary/aromatic N) is 2. The average Bonchev–Trinajstić information content (AvgIpc) is 3.06. The molecule has 2 heterocycles. The Balaban J connectivity index is 1.60. The Labute approximate surface area is 193 Å². The summed E-state index contributed by atoms with van der Waals surface area (Å²) in [5.41, 5.74) is 0.509. The normalized spacial score (nSPS) is 17.2. The third kappa shape index (κ3) is 5.40. The molecule has 0 spiro atoms. The number of carbonyl (C=O) groups excluding carboxylic acids is 5. The van der Waals surface area contributed by atoms with Crippen molar-refractivity contribution in [2.45, 2.75) is 46.1 Å². The Kier molecular flexibility index (Phi) is 7.84. The lowest BCUT2D eigenvalue weighted by molar-refractivity contribution is -0.157. The second kappa shape index (κ2) is 10.6. The number of hydrogen-bond acceptors (Lipinski definition) is 7. The van der Waals surface area contributed by atoms with Crippen LogP contribution in [0.5, 0.6) is 0 Å². The van der Waals surface area contributed by atoms with Crippen molar-refractivity contribution in [3.8, 4) is 0 Å². The standard InChI is InChI=1S/C24H30N2O7/c1-4-32-23(30)16-9-11-25(12-10-16)20(27)14-33-24(31)19(13-15(2)3)26-21(28)17-7-5-6-8-18(17)22(26)29/h5-8,15-16,19H,4,9-14H2,1-3H3. The lowest BCUT2D eigenvalue weighted by Gasteiger charge is -2.31. The van der Waals surface area contributed by atoms with Crippen molar-refractivity contribution in [1.82, 2.24) is 9.80 Å². The fourth-order valence-electron chi connectivity index (χ4n) is 4.19. The van der Waals surface area contributed by atoms with Gasteiger partial charge in [0.05, 0.1) is 23.7 Å². The molecule has 0 aliphatic carbocycles. The summed E-state index contributed by atoms with van der Waals surface area (Å²) in [6, 6.07) is 5.31. The molecule has 3 amide bonds. The third-order valence-corrected chi connectivity index (χ3v) is 5.91. The molecule has 1 unspecified atom stereocenters. The van der Waals surface area contributed by atoms with E-state index in [4.69, 9.17) is 9.47 Å². The molecule has 0 saturated carbocycles. The molecule has 9 nitrogen and oxygen atoms in total. The highest BCUT2D eigenvalue weighted by Gasteiger charge is 2.43. The molecular weight excluding hydrogens is 428 g/mol. The van der Waals surface area contributed by atoms with E-state index in [9.17, 15) is 24.0 Å². The van der Waals surface area contributed by atoms with Gasteiger partial charge in [-0.25, -0.2) is 4.79 Å². The fourth-order valence-corrected chi connectivity index (χ4v) is 4.19. The average molecular weight is 459 g/mol. The number of ether oxygens (including phenoxy) is 2. The molecule has 0 aromatic heterocycles. The van der Waals surface area contributed by atoms with Crippen LogP contribution in [0.25, 0.3) is 0 Å². The van der Waals surface area contributed by atoms with Gasteiger partial charge in [0.1, 0.15) is 6.04 Å². The largest absolute Gasteiger partial charge is 0.466 e. The highest BCUT2D eigenvalue weighted by molar-refractivity contribution is 6.22. The summed E-state index contributed by atoms with van der Waals surface area (Å²) in [5.74, 6) is -2.72. The van der Waals surface area contributed by atoms with E-state index in [0.29, 0.717) is 32.5 Å². The fraction of sp³-hybridized carbons (Fsp3) is 0.542. The molecule has 0 radical (unpaired) electrons. The summed E-state index contributed by atoms with van der Waals surface area (Å²) < 4.78 is 10.3. The number of carbonyl (C=O) groups is 5. The van der Waals surface area contributed by atoms with Gasteiger partial charge in [-0.15, -0.1) is 0 Å². The maximum atomic E-state index is 12.9. The van der Waals surface area contributed by atoms with Crippen LogP contribution in [0.1, 0.15) is 60.7 Å². The molecule has 1 aromatic carbocycles. The van der Waals surface area contributed by atoms with Gasteiger partial charge in [-0.05, 0) is 44.2 Å². The number of likely N-dealkylation sites (tertiary alicyclic amines) is 1. The first-order valence-electron chi connectivity index (χ1n) is 11.3. The van der Waals surface area contributed by atoms with Crippen molar-refractivity contribution < 1.29 is 33.4 Å². The molecular formula is C24H30N2O7. The molecule has 178 valence electrons. The Morgan fingerprint density at radius 1 is 1.00 bits per heavy atom. The summed E-state index contributed by atoms with van der Waals surface area (Å²) in [6.07, 6.45) is 1.20. The molecule has 3 rings (SSSR count). The smallest absolute Gasteiger partial charge is 0.329 e. The van der Waals surface area contributed by atoms with Crippen LogP contribution < -0.4 is 0 Å². The van der Waals surface area contributed by atoms with Gasteiger partial charge in [-0.1, -0.05) is 26.0 Å². The van der Waals surface area contributed by atoms with Crippen LogP contribution in [0.3, 0.4) is 0 Å². The molecule has 1 atom stereocenters. The van der Waals surface area contributed by atoms with Gasteiger partial charge >= 0.3 is 11.9 Å². The summed E-state index contributed by atoms with van der Waals surface area (Å²) in [4.78, 5) is 65.5. The minimum atomic E-state index is -1.11. The molecule has 0 bridgehead atoms. The van der Waals surface area contributed by atoms with Gasteiger partial charge in [0.2, 0.25) is 0 Å². The molecule has 2 aliphatic heterocycles. The lowest BCUT2D eigenvalue weighted by Crippen LogP contribution is -2.47. The second-order valence-electron chi connectivity index (χ2n) is 8.69. The maximum absolute atomic E-state index is 12.9. The zero-order valence-corrected chi connectivity index (χ0v) is 19.2. The van der Waals surface area contributed by atoms with Crippen LogP contribution in [-0.4, -0.2) is 71.8 Å². The minimum absolute atomic E-state index is 0.00414. The molecule has 1 saturated heterocycles. The van der Waals surface area contributed by atoms with E-state index in [-0.39, 0.29) is 41.3 Å².